The third-order valence-electron chi connectivity index (χ3n) is 6.69. The minimum absolute atomic E-state index is 0.104. The van der Waals surface area contributed by atoms with E-state index >= 15 is 0 Å². The third-order valence-corrected chi connectivity index (χ3v) is 7.02. The molecule has 0 radical (unpaired) electrons. The number of methoxy groups -OCH3 is 1. The van der Waals surface area contributed by atoms with E-state index in [1.165, 1.54) is 7.11 Å². The summed E-state index contributed by atoms with van der Waals surface area (Å²) in [6.45, 7) is 7.99. The van der Waals surface area contributed by atoms with E-state index in [4.69, 9.17) is 27.9 Å². The van der Waals surface area contributed by atoms with E-state index in [1.54, 1.807) is 34.7 Å². The largest absolute Gasteiger partial charge is 0.467 e. The second-order valence-corrected chi connectivity index (χ2v) is 10.6. The van der Waals surface area contributed by atoms with Gasteiger partial charge in [0.25, 0.3) is 0 Å². The summed E-state index contributed by atoms with van der Waals surface area (Å²) in [7, 11) is 2.85. The molecule has 0 bridgehead atoms. The van der Waals surface area contributed by atoms with E-state index in [0.717, 1.165) is 11.3 Å². The summed E-state index contributed by atoms with van der Waals surface area (Å²) >= 11 is 11.8. The molecule has 0 aliphatic heterocycles. The monoisotopic (exact) mass is 565 g/mol. The zero-order valence-electron chi connectivity index (χ0n) is 22.9. The highest BCUT2D eigenvalue weighted by Crippen LogP contribution is 2.38. The summed E-state index contributed by atoms with van der Waals surface area (Å²) in [5, 5.41) is 5.57. The van der Waals surface area contributed by atoms with Gasteiger partial charge >= 0.3 is 5.97 Å². The zero-order chi connectivity index (χ0) is 28.6. The summed E-state index contributed by atoms with van der Waals surface area (Å²) < 4.78 is 4.93. The SMILES string of the molecule is CNC1=C(C)C(=O)C(C)=C(C(C)(C)CC(=O)NC(Cc2ccc(N(CCCl)CCCl)cc2)C(=O)OC)C1=O. The average Bonchev–Trinajstić information content (AvgIpc) is 2.86. The van der Waals surface area contributed by atoms with Gasteiger partial charge in [-0.05, 0) is 31.5 Å². The Morgan fingerprint density at radius 3 is 2.08 bits per heavy atom. The van der Waals surface area contributed by atoms with Crippen molar-refractivity contribution >= 4 is 52.3 Å². The fourth-order valence-electron chi connectivity index (χ4n) is 4.81. The molecule has 1 aromatic rings. The second-order valence-electron chi connectivity index (χ2n) is 9.85. The third kappa shape index (κ3) is 7.38. The lowest BCUT2D eigenvalue weighted by atomic mass is 9.72. The summed E-state index contributed by atoms with van der Waals surface area (Å²) in [6.07, 6.45) is 0.113. The van der Waals surface area contributed by atoms with Crippen molar-refractivity contribution in [3.63, 3.8) is 0 Å². The van der Waals surface area contributed by atoms with Crippen LogP contribution in [-0.4, -0.2) is 68.5 Å². The second kappa shape index (κ2) is 13.8. The molecule has 1 aliphatic rings. The summed E-state index contributed by atoms with van der Waals surface area (Å²) in [5.41, 5.74) is 2.02. The first kappa shape index (κ1) is 31.4. The van der Waals surface area contributed by atoms with Crippen LogP contribution in [0.3, 0.4) is 0 Å². The molecule has 1 aromatic carbocycles. The van der Waals surface area contributed by atoms with Crippen molar-refractivity contribution in [2.45, 2.75) is 46.6 Å². The molecule has 38 heavy (non-hydrogen) atoms. The number of benzene rings is 1. The minimum atomic E-state index is -0.958. The quantitative estimate of drug-likeness (QED) is 0.214. The molecule has 0 spiro atoms. The van der Waals surface area contributed by atoms with Crippen LogP contribution in [0.2, 0.25) is 0 Å². The van der Waals surface area contributed by atoms with E-state index < -0.39 is 23.3 Å². The Kier molecular flexibility index (Phi) is 11.4. The lowest BCUT2D eigenvalue weighted by Crippen LogP contribution is -2.45. The standard InChI is InChI=1S/C28H37Cl2N3O5/c1-17-23(26(36)24(31-5)18(2)25(17)35)28(3,4)16-22(34)32-21(27(37)38-6)15-19-7-9-20(10-8-19)33(13-11-29)14-12-30/h7-10,21,31H,11-16H2,1-6H3,(H,32,34). The van der Waals surface area contributed by atoms with Gasteiger partial charge < -0.3 is 20.3 Å². The Labute approximate surface area is 234 Å². The van der Waals surface area contributed by atoms with Crippen molar-refractivity contribution in [3.8, 4) is 0 Å². The number of halogens is 2. The smallest absolute Gasteiger partial charge is 0.328 e. The zero-order valence-corrected chi connectivity index (χ0v) is 24.4. The number of hydrogen-bond donors (Lipinski definition) is 2. The number of likely N-dealkylation sites (N-methyl/N-ethyl adjacent to an activating group) is 1. The molecule has 8 nitrogen and oxygen atoms in total. The molecule has 10 heteroatoms. The highest BCUT2D eigenvalue weighted by atomic mass is 35.5. The van der Waals surface area contributed by atoms with Crippen LogP contribution in [0.4, 0.5) is 5.69 Å². The van der Waals surface area contributed by atoms with Gasteiger partial charge in [0.1, 0.15) is 6.04 Å². The van der Waals surface area contributed by atoms with Crippen LogP contribution in [0.1, 0.15) is 39.7 Å². The predicted octanol–water partition coefficient (Wildman–Crippen LogP) is 3.55. The molecular weight excluding hydrogens is 529 g/mol. The van der Waals surface area contributed by atoms with Crippen LogP contribution in [0.5, 0.6) is 0 Å². The molecule has 0 saturated heterocycles. The molecular formula is C28H37Cl2N3O5. The van der Waals surface area contributed by atoms with E-state index in [-0.39, 0.29) is 35.7 Å². The van der Waals surface area contributed by atoms with Crippen LogP contribution in [0, 0.1) is 5.41 Å². The maximum absolute atomic E-state index is 13.2. The minimum Gasteiger partial charge on any atom is -0.467 e. The number of Topliss-reactive ketones (excluding diaryl/α,β-unsaturated/α-hetero) is 2. The molecule has 2 N–H and O–H groups in total. The molecule has 1 atom stereocenters. The molecule has 1 unspecified atom stereocenters. The number of hydrogen-bond acceptors (Lipinski definition) is 7. The molecule has 0 heterocycles. The van der Waals surface area contributed by atoms with Crippen molar-refractivity contribution in [3.05, 3.63) is 52.2 Å². The van der Waals surface area contributed by atoms with Gasteiger partial charge in [-0.15, -0.1) is 23.2 Å². The molecule has 2 rings (SSSR count). The van der Waals surface area contributed by atoms with Gasteiger partial charge in [0.05, 0.1) is 12.8 Å². The van der Waals surface area contributed by atoms with Crippen molar-refractivity contribution < 1.29 is 23.9 Å². The first-order chi connectivity index (χ1) is 17.9. The van der Waals surface area contributed by atoms with Gasteiger partial charge in [0, 0.05) is 72.6 Å². The number of esters is 1. The van der Waals surface area contributed by atoms with Gasteiger partial charge in [-0.3, -0.25) is 14.4 Å². The van der Waals surface area contributed by atoms with E-state index in [1.807, 2.05) is 24.3 Å². The number of nitrogens with one attached hydrogen (secondary N) is 2. The highest BCUT2D eigenvalue weighted by molar-refractivity contribution is 6.25. The van der Waals surface area contributed by atoms with Crippen molar-refractivity contribution in [2.75, 3.05) is 43.9 Å². The molecule has 0 aromatic heterocycles. The van der Waals surface area contributed by atoms with E-state index in [9.17, 15) is 19.2 Å². The van der Waals surface area contributed by atoms with Crippen molar-refractivity contribution in [1.29, 1.82) is 0 Å². The van der Waals surface area contributed by atoms with Crippen LogP contribution < -0.4 is 15.5 Å². The number of amides is 1. The Hall–Kier alpha value is -2.84. The molecule has 0 fully saturated rings. The Bertz CT molecular complexity index is 1120. The number of anilines is 1. The van der Waals surface area contributed by atoms with E-state index in [0.29, 0.717) is 36.0 Å². The van der Waals surface area contributed by atoms with Crippen molar-refractivity contribution in [2.24, 2.45) is 5.41 Å². The topological polar surface area (TPSA) is 105 Å². The van der Waals surface area contributed by atoms with Crippen LogP contribution in [-0.2, 0) is 30.3 Å². The van der Waals surface area contributed by atoms with Crippen LogP contribution in [0.15, 0.2) is 46.7 Å². The number of carbonyl (C=O) groups excluding carboxylic acids is 4. The number of carbonyl (C=O) groups is 4. The van der Waals surface area contributed by atoms with Gasteiger partial charge in [-0.1, -0.05) is 26.0 Å². The Morgan fingerprint density at radius 2 is 1.58 bits per heavy atom. The maximum atomic E-state index is 13.2. The van der Waals surface area contributed by atoms with Gasteiger partial charge in [-0.2, -0.15) is 0 Å². The number of alkyl halides is 2. The average molecular weight is 567 g/mol. The maximum Gasteiger partial charge on any atom is 0.328 e. The number of rotatable bonds is 13. The number of ketones is 2. The van der Waals surface area contributed by atoms with Crippen molar-refractivity contribution in [1.82, 2.24) is 10.6 Å². The lowest BCUT2D eigenvalue weighted by molar-refractivity contribution is -0.145. The van der Waals surface area contributed by atoms with Crippen LogP contribution in [0.25, 0.3) is 0 Å². The van der Waals surface area contributed by atoms with Crippen LogP contribution >= 0.6 is 23.2 Å². The lowest BCUT2D eigenvalue weighted by Gasteiger charge is -2.32. The fourth-order valence-corrected chi connectivity index (χ4v) is 5.22. The van der Waals surface area contributed by atoms with E-state index in [2.05, 4.69) is 15.5 Å². The first-order valence-electron chi connectivity index (χ1n) is 12.4. The first-order valence-corrected chi connectivity index (χ1v) is 13.5. The highest BCUT2D eigenvalue weighted by Gasteiger charge is 2.40. The van der Waals surface area contributed by atoms with Gasteiger partial charge in [-0.25, -0.2) is 4.79 Å². The number of allylic oxidation sites excluding steroid dienone is 3. The summed E-state index contributed by atoms with van der Waals surface area (Å²) in [6, 6.07) is 6.67. The Balaban J connectivity index is 2.20. The number of ether oxygens (including phenoxy) is 1. The fraction of sp³-hybridized carbons (Fsp3) is 0.500. The number of nitrogens with zero attached hydrogens (tertiary/aromatic N) is 1. The molecule has 0 saturated carbocycles. The molecule has 1 aliphatic carbocycles. The van der Waals surface area contributed by atoms with Gasteiger partial charge in [0.15, 0.2) is 5.78 Å². The molecule has 208 valence electrons. The molecule has 1 amide bonds. The Morgan fingerprint density at radius 1 is 1.00 bits per heavy atom. The normalized spacial score (nSPS) is 14.9. The predicted molar refractivity (Wildman–Crippen MR) is 151 cm³/mol. The summed E-state index contributed by atoms with van der Waals surface area (Å²) in [5.74, 6) is -0.621. The van der Waals surface area contributed by atoms with Gasteiger partial charge in [0.2, 0.25) is 11.7 Å². The summed E-state index contributed by atoms with van der Waals surface area (Å²) in [4.78, 5) is 53.6.